The lowest BCUT2D eigenvalue weighted by atomic mass is 9.93. The first-order valence-electron chi connectivity index (χ1n) is 9.09. The summed E-state index contributed by atoms with van der Waals surface area (Å²) in [6, 6.07) is 8.36. The normalized spacial score (nSPS) is 22.3. The molecule has 24 heavy (non-hydrogen) atoms. The fourth-order valence-corrected chi connectivity index (χ4v) is 3.80. The summed E-state index contributed by atoms with van der Waals surface area (Å²) < 4.78 is 5.56. The maximum Gasteiger partial charge on any atom is 0.223 e. The molecular formula is C20H28N2O2. The third-order valence-corrected chi connectivity index (χ3v) is 5.19. The van der Waals surface area contributed by atoms with Gasteiger partial charge in [0.2, 0.25) is 5.91 Å². The molecule has 1 aromatic carbocycles. The second kappa shape index (κ2) is 8.34. The van der Waals surface area contributed by atoms with Gasteiger partial charge < -0.3 is 10.1 Å². The Hall–Kier alpha value is -1.81. The molecule has 0 spiro atoms. The Morgan fingerprint density at radius 1 is 1.29 bits per heavy atom. The van der Waals surface area contributed by atoms with Gasteiger partial charge in [0.25, 0.3) is 0 Å². The van der Waals surface area contributed by atoms with E-state index in [0.29, 0.717) is 6.54 Å². The SMILES string of the molecule is COc1ccccc1C(CNC(=O)C1CC=CCC1)N1CCCC1. The van der Waals surface area contributed by atoms with Crippen molar-refractivity contribution >= 4 is 5.91 Å². The topological polar surface area (TPSA) is 41.6 Å². The summed E-state index contributed by atoms with van der Waals surface area (Å²) in [6.07, 6.45) is 9.61. The van der Waals surface area contributed by atoms with E-state index in [1.54, 1.807) is 7.11 Å². The Balaban J connectivity index is 1.70. The Labute approximate surface area is 144 Å². The van der Waals surface area contributed by atoms with Crippen LogP contribution < -0.4 is 10.1 Å². The maximum absolute atomic E-state index is 12.5. The van der Waals surface area contributed by atoms with Crippen LogP contribution in [0.4, 0.5) is 0 Å². The van der Waals surface area contributed by atoms with Gasteiger partial charge in [0, 0.05) is 18.0 Å². The molecule has 0 bridgehead atoms. The van der Waals surface area contributed by atoms with Crippen molar-refractivity contribution in [3.8, 4) is 5.75 Å². The average molecular weight is 328 g/mol. The molecule has 1 aliphatic heterocycles. The number of carbonyl (C=O) groups excluding carboxylic acids is 1. The summed E-state index contributed by atoms with van der Waals surface area (Å²) in [4.78, 5) is 15.0. The van der Waals surface area contributed by atoms with Gasteiger partial charge in [0.15, 0.2) is 0 Å². The van der Waals surface area contributed by atoms with E-state index >= 15 is 0 Å². The number of likely N-dealkylation sites (tertiary alicyclic amines) is 1. The van der Waals surface area contributed by atoms with Gasteiger partial charge in [0.05, 0.1) is 13.2 Å². The van der Waals surface area contributed by atoms with Crippen LogP contribution in [0.3, 0.4) is 0 Å². The summed E-state index contributed by atoms with van der Waals surface area (Å²) in [5, 5.41) is 3.21. The maximum atomic E-state index is 12.5. The molecular weight excluding hydrogens is 300 g/mol. The highest BCUT2D eigenvalue weighted by Gasteiger charge is 2.27. The van der Waals surface area contributed by atoms with Crippen LogP contribution >= 0.6 is 0 Å². The number of amides is 1. The lowest BCUT2D eigenvalue weighted by Gasteiger charge is -2.30. The van der Waals surface area contributed by atoms with E-state index in [4.69, 9.17) is 4.74 Å². The third kappa shape index (κ3) is 3.99. The molecule has 1 N–H and O–H groups in total. The zero-order chi connectivity index (χ0) is 16.8. The molecule has 1 heterocycles. The molecule has 2 atom stereocenters. The zero-order valence-electron chi connectivity index (χ0n) is 14.5. The van der Waals surface area contributed by atoms with Crippen LogP contribution in [0.1, 0.15) is 43.7 Å². The van der Waals surface area contributed by atoms with Crippen molar-refractivity contribution in [3.63, 3.8) is 0 Å². The van der Waals surface area contributed by atoms with Crippen molar-refractivity contribution in [2.24, 2.45) is 5.92 Å². The molecule has 130 valence electrons. The first kappa shape index (κ1) is 17.0. The Bertz CT molecular complexity index is 579. The summed E-state index contributed by atoms with van der Waals surface area (Å²) in [7, 11) is 1.72. The summed E-state index contributed by atoms with van der Waals surface area (Å²) >= 11 is 0. The van der Waals surface area contributed by atoms with Crippen molar-refractivity contribution < 1.29 is 9.53 Å². The highest BCUT2D eigenvalue weighted by atomic mass is 16.5. The molecule has 1 aromatic rings. The predicted molar refractivity (Wildman–Crippen MR) is 96.0 cm³/mol. The highest BCUT2D eigenvalue weighted by Crippen LogP contribution is 2.31. The lowest BCUT2D eigenvalue weighted by molar-refractivity contribution is -0.125. The average Bonchev–Trinajstić information content (AvgIpc) is 3.17. The molecule has 1 saturated heterocycles. The Morgan fingerprint density at radius 2 is 2.08 bits per heavy atom. The van der Waals surface area contributed by atoms with E-state index in [-0.39, 0.29) is 17.9 Å². The number of nitrogens with one attached hydrogen (secondary N) is 1. The quantitative estimate of drug-likeness (QED) is 0.815. The number of hydrogen-bond donors (Lipinski definition) is 1. The minimum atomic E-state index is 0.131. The van der Waals surface area contributed by atoms with Gasteiger partial charge in [0.1, 0.15) is 5.75 Å². The molecule has 0 saturated carbocycles. The number of nitrogens with zero attached hydrogens (tertiary/aromatic N) is 1. The van der Waals surface area contributed by atoms with E-state index < -0.39 is 0 Å². The molecule has 1 aliphatic carbocycles. The molecule has 0 radical (unpaired) electrons. The zero-order valence-corrected chi connectivity index (χ0v) is 14.5. The second-order valence-electron chi connectivity index (χ2n) is 6.73. The van der Waals surface area contributed by atoms with Crippen molar-refractivity contribution in [2.75, 3.05) is 26.7 Å². The lowest BCUT2D eigenvalue weighted by Crippen LogP contribution is -2.39. The number of carbonyl (C=O) groups is 1. The van der Waals surface area contributed by atoms with Gasteiger partial charge in [-0.2, -0.15) is 0 Å². The third-order valence-electron chi connectivity index (χ3n) is 5.19. The molecule has 2 aliphatic rings. The number of hydrogen-bond acceptors (Lipinski definition) is 3. The first-order valence-corrected chi connectivity index (χ1v) is 9.09. The number of ether oxygens (including phenoxy) is 1. The minimum Gasteiger partial charge on any atom is -0.496 e. The standard InChI is InChI=1S/C20H28N2O2/c1-24-19-12-6-5-11-17(19)18(22-13-7-8-14-22)15-21-20(23)16-9-3-2-4-10-16/h2-3,5-6,11-12,16,18H,4,7-10,13-15H2,1H3,(H,21,23). The number of para-hydroxylation sites is 1. The van der Waals surface area contributed by atoms with E-state index in [2.05, 4.69) is 34.5 Å². The van der Waals surface area contributed by atoms with Gasteiger partial charge in [-0.1, -0.05) is 30.4 Å². The van der Waals surface area contributed by atoms with Crippen molar-refractivity contribution in [3.05, 3.63) is 42.0 Å². The van der Waals surface area contributed by atoms with Crippen LogP contribution in [0.2, 0.25) is 0 Å². The van der Waals surface area contributed by atoms with Crippen molar-refractivity contribution in [1.29, 1.82) is 0 Å². The molecule has 0 aromatic heterocycles. The smallest absolute Gasteiger partial charge is 0.223 e. The van der Waals surface area contributed by atoms with Gasteiger partial charge >= 0.3 is 0 Å². The fraction of sp³-hybridized carbons (Fsp3) is 0.550. The molecule has 2 unspecified atom stereocenters. The van der Waals surface area contributed by atoms with Gasteiger partial charge in [-0.15, -0.1) is 0 Å². The van der Waals surface area contributed by atoms with Crippen LogP contribution in [-0.2, 0) is 4.79 Å². The van der Waals surface area contributed by atoms with Crippen LogP contribution in [0.15, 0.2) is 36.4 Å². The second-order valence-corrected chi connectivity index (χ2v) is 6.73. The van der Waals surface area contributed by atoms with Crippen LogP contribution in [0.25, 0.3) is 0 Å². The summed E-state index contributed by atoms with van der Waals surface area (Å²) in [5.41, 5.74) is 1.17. The number of benzene rings is 1. The Kier molecular flexibility index (Phi) is 5.91. The fourth-order valence-electron chi connectivity index (χ4n) is 3.80. The number of methoxy groups -OCH3 is 1. The van der Waals surface area contributed by atoms with Gasteiger partial charge in [-0.05, 0) is 51.3 Å². The summed E-state index contributed by atoms with van der Waals surface area (Å²) in [5.74, 6) is 1.23. The molecule has 4 heteroatoms. The molecule has 1 amide bonds. The van der Waals surface area contributed by atoms with E-state index in [0.717, 1.165) is 38.1 Å². The molecule has 3 rings (SSSR count). The van der Waals surface area contributed by atoms with Crippen LogP contribution in [0.5, 0.6) is 5.75 Å². The molecule has 1 fully saturated rings. The van der Waals surface area contributed by atoms with Gasteiger partial charge in [-0.3, -0.25) is 9.69 Å². The Morgan fingerprint density at radius 3 is 2.79 bits per heavy atom. The first-order chi connectivity index (χ1) is 11.8. The predicted octanol–water partition coefficient (Wildman–Crippen LogP) is 3.30. The number of allylic oxidation sites excluding steroid dienone is 2. The number of rotatable bonds is 6. The molecule has 4 nitrogen and oxygen atoms in total. The minimum absolute atomic E-state index is 0.131. The van der Waals surface area contributed by atoms with E-state index in [1.807, 2.05) is 12.1 Å². The summed E-state index contributed by atoms with van der Waals surface area (Å²) in [6.45, 7) is 2.83. The monoisotopic (exact) mass is 328 g/mol. The van der Waals surface area contributed by atoms with E-state index in [1.165, 1.54) is 18.4 Å². The van der Waals surface area contributed by atoms with E-state index in [9.17, 15) is 4.79 Å². The van der Waals surface area contributed by atoms with Crippen molar-refractivity contribution in [2.45, 2.75) is 38.1 Å². The largest absolute Gasteiger partial charge is 0.496 e. The van der Waals surface area contributed by atoms with Crippen LogP contribution in [-0.4, -0.2) is 37.6 Å². The van der Waals surface area contributed by atoms with Crippen LogP contribution in [0, 0.1) is 5.92 Å². The van der Waals surface area contributed by atoms with Gasteiger partial charge in [-0.25, -0.2) is 0 Å². The highest BCUT2D eigenvalue weighted by molar-refractivity contribution is 5.79. The van der Waals surface area contributed by atoms with Crippen molar-refractivity contribution in [1.82, 2.24) is 10.2 Å².